The highest BCUT2D eigenvalue weighted by molar-refractivity contribution is 9.10. The minimum Gasteiger partial charge on any atom is -0.373 e. The van der Waals surface area contributed by atoms with Gasteiger partial charge in [-0.1, -0.05) is 86.2 Å². The number of rotatable bonds is 2. The highest BCUT2D eigenvalue weighted by atomic mass is 79.9. The molecule has 0 amide bonds. The second kappa shape index (κ2) is 5.64. The Labute approximate surface area is 148 Å². The van der Waals surface area contributed by atoms with Crippen molar-refractivity contribution in [3.8, 4) is 11.1 Å². The largest absolute Gasteiger partial charge is 0.373 e. The van der Waals surface area contributed by atoms with E-state index in [0.717, 1.165) is 4.47 Å². The molecule has 0 spiro atoms. The van der Waals surface area contributed by atoms with Gasteiger partial charge in [0.25, 0.3) is 0 Å². The second-order valence-electron chi connectivity index (χ2n) is 7.75. The Balaban J connectivity index is 2.34. The lowest BCUT2D eigenvalue weighted by atomic mass is 10.1. The molecule has 2 aromatic carbocycles. The standard InChI is InChI=1S/C20H24BrNSi/c1-20(2,3)23(4,5)22-14-18(15-9-7-6-8-10-15)17-12-11-16(21)13-19(17)22/h6-14H,1-5H3. The summed E-state index contributed by atoms with van der Waals surface area (Å²) in [5.41, 5.74) is 3.96. The molecule has 0 N–H and O–H groups in total. The van der Waals surface area contributed by atoms with Crippen molar-refractivity contribution >= 4 is 35.1 Å². The molecule has 0 saturated heterocycles. The maximum Gasteiger partial charge on any atom is 0.161 e. The number of benzene rings is 2. The van der Waals surface area contributed by atoms with Gasteiger partial charge in [0.15, 0.2) is 8.24 Å². The van der Waals surface area contributed by atoms with E-state index in [1.807, 2.05) is 0 Å². The van der Waals surface area contributed by atoms with Crippen LogP contribution in [0, 0.1) is 0 Å². The van der Waals surface area contributed by atoms with Crippen LogP contribution >= 0.6 is 15.9 Å². The average molecular weight is 386 g/mol. The summed E-state index contributed by atoms with van der Waals surface area (Å²) in [6.07, 6.45) is 2.38. The first kappa shape index (κ1) is 16.5. The van der Waals surface area contributed by atoms with E-state index in [1.54, 1.807) is 0 Å². The van der Waals surface area contributed by atoms with Crippen molar-refractivity contribution in [2.75, 3.05) is 0 Å². The summed E-state index contributed by atoms with van der Waals surface area (Å²) >= 11 is 3.65. The smallest absolute Gasteiger partial charge is 0.161 e. The predicted octanol–water partition coefficient (Wildman–Crippen LogP) is 6.92. The Kier molecular flexibility index (Phi) is 4.05. The number of aromatic nitrogens is 1. The lowest BCUT2D eigenvalue weighted by molar-refractivity contribution is 0.703. The zero-order valence-electron chi connectivity index (χ0n) is 14.5. The maximum atomic E-state index is 3.65. The fourth-order valence-electron chi connectivity index (χ4n) is 2.87. The third kappa shape index (κ3) is 2.81. The van der Waals surface area contributed by atoms with E-state index in [9.17, 15) is 0 Å². The van der Waals surface area contributed by atoms with Gasteiger partial charge in [-0.3, -0.25) is 0 Å². The van der Waals surface area contributed by atoms with E-state index in [2.05, 4.69) is 109 Å². The van der Waals surface area contributed by atoms with E-state index < -0.39 is 8.24 Å². The number of halogens is 1. The van der Waals surface area contributed by atoms with E-state index in [-0.39, 0.29) is 5.04 Å². The number of hydrogen-bond donors (Lipinski definition) is 0. The van der Waals surface area contributed by atoms with Crippen LogP contribution < -0.4 is 0 Å². The summed E-state index contributed by atoms with van der Waals surface area (Å²) in [4.78, 5) is 0. The number of fused-ring (bicyclic) bond motifs is 1. The van der Waals surface area contributed by atoms with Crippen molar-refractivity contribution in [2.24, 2.45) is 0 Å². The van der Waals surface area contributed by atoms with Gasteiger partial charge >= 0.3 is 0 Å². The molecule has 0 fully saturated rings. The fourth-order valence-corrected chi connectivity index (χ4v) is 5.18. The summed E-state index contributed by atoms with van der Waals surface area (Å²) in [5, 5.41) is 1.62. The molecule has 0 unspecified atom stereocenters. The number of hydrogen-bond acceptors (Lipinski definition) is 0. The normalized spacial score (nSPS) is 12.8. The minimum atomic E-state index is -1.68. The monoisotopic (exact) mass is 385 g/mol. The van der Waals surface area contributed by atoms with Crippen LogP contribution in [0.2, 0.25) is 18.1 Å². The quantitative estimate of drug-likeness (QED) is 0.421. The topological polar surface area (TPSA) is 4.93 Å². The van der Waals surface area contributed by atoms with Gasteiger partial charge in [0.2, 0.25) is 0 Å². The zero-order chi connectivity index (χ0) is 16.8. The predicted molar refractivity (Wildman–Crippen MR) is 108 cm³/mol. The molecule has 3 rings (SSSR count). The molecule has 23 heavy (non-hydrogen) atoms. The summed E-state index contributed by atoms with van der Waals surface area (Å²) in [5.74, 6) is 0. The average Bonchev–Trinajstić information content (AvgIpc) is 2.86. The molecule has 3 heteroatoms. The SMILES string of the molecule is CC(C)(C)[Si](C)(C)n1cc(-c2ccccc2)c2ccc(Br)cc21. The van der Waals surface area contributed by atoms with Crippen LogP contribution in [-0.4, -0.2) is 12.5 Å². The molecule has 0 radical (unpaired) electrons. The molecule has 120 valence electrons. The van der Waals surface area contributed by atoms with E-state index >= 15 is 0 Å². The van der Waals surface area contributed by atoms with Crippen LogP contribution in [0.5, 0.6) is 0 Å². The molecule has 3 aromatic rings. The van der Waals surface area contributed by atoms with Crippen LogP contribution in [0.1, 0.15) is 20.8 Å². The lowest BCUT2D eigenvalue weighted by Crippen LogP contribution is -2.44. The molecule has 0 aliphatic heterocycles. The van der Waals surface area contributed by atoms with Gasteiger partial charge < -0.3 is 4.23 Å². The van der Waals surface area contributed by atoms with Crippen molar-refractivity contribution in [1.82, 2.24) is 4.23 Å². The first-order chi connectivity index (χ1) is 10.7. The zero-order valence-corrected chi connectivity index (χ0v) is 17.1. The fraction of sp³-hybridized carbons (Fsp3) is 0.300. The van der Waals surface area contributed by atoms with E-state index in [4.69, 9.17) is 0 Å². The van der Waals surface area contributed by atoms with Crippen LogP contribution in [-0.2, 0) is 0 Å². The molecular formula is C20H24BrNSi. The third-order valence-corrected chi connectivity index (χ3v) is 11.0. The highest BCUT2D eigenvalue weighted by Crippen LogP contribution is 2.42. The Hall–Kier alpha value is -1.32. The van der Waals surface area contributed by atoms with Gasteiger partial charge in [0.1, 0.15) is 0 Å². The molecule has 1 nitrogen and oxygen atoms in total. The van der Waals surface area contributed by atoms with Crippen LogP contribution in [0.4, 0.5) is 0 Å². The third-order valence-electron chi connectivity index (χ3n) is 5.29. The van der Waals surface area contributed by atoms with E-state index in [0.29, 0.717) is 0 Å². The van der Waals surface area contributed by atoms with Crippen molar-refractivity contribution in [1.29, 1.82) is 0 Å². The molecule has 1 heterocycles. The summed E-state index contributed by atoms with van der Waals surface area (Å²) in [7, 11) is -1.68. The van der Waals surface area contributed by atoms with Crippen LogP contribution in [0.3, 0.4) is 0 Å². The van der Waals surface area contributed by atoms with Gasteiger partial charge in [0.05, 0.1) is 0 Å². The molecule has 0 atom stereocenters. The maximum absolute atomic E-state index is 3.65. The van der Waals surface area contributed by atoms with Crippen molar-refractivity contribution < 1.29 is 0 Å². The Morgan fingerprint density at radius 1 is 0.957 bits per heavy atom. The Morgan fingerprint density at radius 3 is 2.22 bits per heavy atom. The molecule has 0 bridgehead atoms. The molecule has 1 aromatic heterocycles. The van der Waals surface area contributed by atoms with Crippen molar-refractivity contribution in [2.45, 2.75) is 38.9 Å². The summed E-state index contributed by atoms with van der Waals surface area (Å²) in [6.45, 7) is 12.0. The van der Waals surface area contributed by atoms with Crippen LogP contribution in [0.15, 0.2) is 59.2 Å². The first-order valence-electron chi connectivity index (χ1n) is 8.08. The van der Waals surface area contributed by atoms with Gasteiger partial charge in [-0.25, -0.2) is 0 Å². The van der Waals surface area contributed by atoms with Gasteiger partial charge in [-0.15, -0.1) is 0 Å². The highest BCUT2D eigenvalue weighted by Gasteiger charge is 2.38. The van der Waals surface area contributed by atoms with Crippen molar-refractivity contribution in [3.05, 3.63) is 59.2 Å². The van der Waals surface area contributed by atoms with E-state index in [1.165, 1.54) is 22.0 Å². The molecule has 0 saturated carbocycles. The first-order valence-corrected chi connectivity index (χ1v) is 11.8. The number of nitrogens with zero attached hydrogens (tertiary/aromatic N) is 1. The van der Waals surface area contributed by atoms with Gasteiger partial charge in [-0.2, -0.15) is 0 Å². The van der Waals surface area contributed by atoms with Crippen LogP contribution in [0.25, 0.3) is 22.0 Å². The Bertz CT molecular complexity index is 841. The molecule has 0 aliphatic carbocycles. The molecular weight excluding hydrogens is 362 g/mol. The van der Waals surface area contributed by atoms with Crippen molar-refractivity contribution in [3.63, 3.8) is 0 Å². The Morgan fingerprint density at radius 2 is 1.61 bits per heavy atom. The van der Waals surface area contributed by atoms with Gasteiger partial charge in [-0.05, 0) is 22.7 Å². The lowest BCUT2D eigenvalue weighted by Gasteiger charge is -2.38. The summed E-state index contributed by atoms with van der Waals surface area (Å²) < 4.78 is 3.72. The minimum absolute atomic E-state index is 0.287. The second-order valence-corrected chi connectivity index (χ2v) is 13.8. The summed E-state index contributed by atoms with van der Waals surface area (Å²) in [6, 6.07) is 17.4. The van der Waals surface area contributed by atoms with Gasteiger partial charge in [0, 0.05) is 27.1 Å². The molecule has 0 aliphatic rings.